The van der Waals surface area contributed by atoms with Gasteiger partial charge in [0.25, 0.3) is 5.56 Å². The topological polar surface area (TPSA) is 70.5 Å². The molecule has 0 aliphatic carbocycles. The fourth-order valence-corrected chi connectivity index (χ4v) is 4.00. The lowest BCUT2D eigenvalue weighted by atomic mass is 10.1. The minimum absolute atomic E-state index is 0.0387. The number of hydrogen-bond donors (Lipinski definition) is 1. The summed E-state index contributed by atoms with van der Waals surface area (Å²) in [5.41, 5.74) is 0.263. The van der Waals surface area contributed by atoms with E-state index in [2.05, 4.69) is 17.1 Å². The molecule has 1 fully saturated rings. The van der Waals surface area contributed by atoms with Crippen LogP contribution in [0.2, 0.25) is 5.02 Å². The zero-order valence-electron chi connectivity index (χ0n) is 18.0. The number of amides is 2. The molecular weight excluding hydrogens is 390 g/mol. The number of carbonyl (C=O) groups excluding carboxylic acids is 1. The van der Waals surface area contributed by atoms with E-state index in [-0.39, 0.29) is 29.2 Å². The first-order chi connectivity index (χ1) is 13.5. The number of carbonyl (C=O) groups is 1. The van der Waals surface area contributed by atoms with Gasteiger partial charge >= 0.3 is 6.03 Å². The number of benzene rings is 1. The number of fused-ring (bicyclic) bond motifs is 1. The van der Waals surface area contributed by atoms with Crippen LogP contribution in [0.4, 0.5) is 4.79 Å². The summed E-state index contributed by atoms with van der Waals surface area (Å²) in [5, 5.41) is 4.15. The van der Waals surface area contributed by atoms with Crippen molar-refractivity contribution in [1.82, 2.24) is 24.7 Å². The number of nitrogens with zero attached hydrogens (tertiary/aromatic N) is 4. The Labute approximate surface area is 176 Å². The Morgan fingerprint density at radius 2 is 2.00 bits per heavy atom. The van der Waals surface area contributed by atoms with Crippen molar-refractivity contribution < 1.29 is 4.79 Å². The maximum absolute atomic E-state index is 12.8. The summed E-state index contributed by atoms with van der Waals surface area (Å²) in [6.45, 7) is 12.1. The monoisotopic (exact) mass is 419 g/mol. The smallest absolute Gasteiger partial charge is 0.318 e. The van der Waals surface area contributed by atoms with Crippen molar-refractivity contribution in [2.24, 2.45) is 7.05 Å². The van der Waals surface area contributed by atoms with E-state index in [0.717, 1.165) is 0 Å². The van der Waals surface area contributed by atoms with E-state index in [0.29, 0.717) is 41.4 Å². The number of hydrogen-bond acceptors (Lipinski definition) is 4. The zero-order chi connectivity index (χ0) is 21.5. The van der Waals surface area contributed by atoms with E-state index in [1.165, 1.54) is 0 Å². The van der Waals surface area contributed by atoms with Gasteiger partial charge in [0.05, 0.1) is 16.9 Å². The van der Waals surface area contributed by atoms with Gasteiger partial charge in [-0.25, -0.2) is 9.78 Å². The molecule has 7 nitrogen and oxygen atoms in total. The molecule has 1 aliphatic rings. The maximum atomic E-state index is 12.8. The fraction of sp³-hybridized carbons (Fsp3) is 0.571. The number of piperazine rings is 1. The van der Waals surface area contributed by atoms with Crippen molar-refractivity contribution >= 4 is 28.5 Å². The molecule has 1 aromatic heterocycles. The van der Waals surface area contributed by atoms with Gasteiger partial charge in [0.15, 0.2) is 0 Å². The Morgan fingerprint density at radius 1 is 1.31 bits per heavy atom. The second-order valence-corrected chi connectivity index (χ2v) is 9.33. The fourth-order valence-electron chi connectivity index (χ4n) is 3.83. The largest absolute Gasteiger partial charge is 0.333 e. The Morgan fingerprint density at radius 3 is 2.62 bits per heavy atom. The molecule has 0 spiro atoms. The predicted octanol–water partition coefficient (Wildman–Crippen LogP) is 3.16. The van der Waals surface area contributed by atoms with Crippen molar-refractivity contribution in [2.75, 3.05) is 19.6 Å². The molecule has 1 N–H and O–H groups in total. The van der Waals surface area contributed by atoms with E-state index in [4.69, 9.17) is 16.6 Å². The zero-order valence-corrected chi connectivity index (χ0v) is 18.7. The quantitative estimate of drug-likeness (QED) is 0.811. The van der Waals surface area contributed by atoms with Gasteiger partial charge in [0.1, 0.15) is 5.82 Å². The van der Waals surface area contributed by atoms with Crippen LogP contribution < -0.4 is 10.9 Å². The third-order valence-electron chi connectivity index (χ3n) is 5.40. The minimum atomic E-state index is -0.268. The standard InChI is InChI=1S/C21H30ClN5O2/c1-13-12-26(9-10-27(13)20(29)24-21(3,4)5)14(2)18-23-17-11-15(22)7-8-16(17)19(28)25(18)6/h7-8,11,13-14H,9-10,12H2,1-6H3,(H,24,29). The molecule has 2 unspecified atom stereocenters. The van der Waals surface area contributed by atoms with Crippen molar-refractivity contribution in [3.05, 3.63) is 39.4 Å². The summed E-state index contributed by atoms with van der Waals surface area (Å²) in [6, 6.07) is 5.11. The summed E-state index contributed by atoms with van der Waals surface area (Å²) in [5.74, 6) is 0.699. The van der Waals surface area contributed by atoms with Gasteiger partial charge < -0.3 is 10.2 Å². The maximum Gasteiger partial charge on any atom is 0.318 e. The summed E-state index contributed by atoms with van der Waals surface area (Å²) >= 11 is 6.10. The molecule has 0 saturated carbocycles. The van der Waals surface area contributed by atoms with Crippen LogP contribution in [0.15, 0.2) is 23.0 Å². The van der Waals surface area contributed by atoms with E-state index in [1.807, 2.05) is 32.6 Å². The van der Waals surface area contributed by atoms with Crippen molar-refractivity contribution in [3.63, 3.8) is 0 Å². The molecule has 2 amide bonds. The highest BCUT2D eigenvalue weighted by atomic mass is 35.5. The Bertz CT molecular complexity index is 981. The van der Waals surface area contributed by atoms with Crippen LogP contribution in [0.3, 0.4) is 0 Å². The Kier molecular flexibility index (Phi) is 5.92. The summed E-state index contributed by atoms with van der Waals surface area (Å²) in [4.78, 5) is 34.2. The molecule has 0 radical (unpaired) electrons. The second-order valence-electron chi connectivity index (χ2n) is 8.89. The molecule has 1 saturated heterocycles. The van der Waals surface area contributed by atoms with E-state index < -0.39 is 0 Å². The van der Waals surface area contributed by atoms with Gasteiger partial charge in [-0.15, -0.1) is 0 Å². The molecule has 3 rings (SSSR count). The molecule has 158 valence electrons. The molecule has 1 aliphatic heterocycles. The summed E-state index contributed by atoms with van der Waals surface area (Å²) in [7, 11) is 1.76. The third-order valence-corrected chi connectivity index (χ3v) is 5.63. The minimum Gasteiger partial charge on any atom is -0.333 e. The third kappa shape index (κ3) is 4.56. The lowest BCUT2D eigenvalue weighted by Crippen LogP contribution is -2.59. The van der Waals surface area contributed by atoms with Gasteiger partial charge in [0, 0.05) is 43.3 Å². The SMILES string of the molecule is CC(c1nc2cc(Cl)ccc2c(=O)n1C)N1CCN(C(=O)NC(C)(C)C)C(C)C1. The Balaban J connectivity index is 1.82. The summed E-state index contributed by atoms with van der Waals surface area (Å²) < 4.78 is 1.62. The van der Waals surface area contributed by atoms with E-state index in [9.17, 15) is 9.59 Å². The predicted molar refractivity (Wildman–Crippen MR) is 116 cm³/mol. The number of urea groups is 1. The average Bonchev–Trinajstić information content (AvgIpc) is 2.62. The van der Waals surface area contributed by atoms with Crippen molar-refractivity contribution in [3.8, 4) is 0 Å². The lowest BCUT2D eigenvalue weighted by Gasteiger charge is -2.43. The molecular formula is C21H30ClN5O2. The number of rotatable bonds is 2. The van der Waals surface area contributed by atoms with Crippen LogP contribution >= 0.6 is 11.6 Å². The Hall–Kier alpha value is -2.12. The van der Waals surface area contributed by atoms with Crippen LogP contribution in [0.5, 0.6) is 0 Å². The number of halogens is 1. The highest BCUT2D eigenvalue weighted by Gasteiger charge is 2.32. The molecule has 29 heavy (non-hydrogen) atoms. The van der Waals surface area contributed by atoms with Crippen LogP contribution in [0.25, 0.3) is 10.9 Å². The number of nitrogens with one attached hydrogen (secondary N) is 1. The van der Waals surface area contributed by atoms with Gasteiger partial charge in [-0.1, -0.05) is 11.6 Å². The second kappa shape index (κ2) is 7.95. The van der Waals surface area contributed by atoms with Crippen molar-refractivity contribution in [1.29, 1.82) is 0 Å². The molecule has 2 aromatic rings. The first kappa shape index (κ1) is 21.6. The van der Waals surface area contributed by atoms with Gasteiger partial charge in [-0.3, -0.25) is 14.3 Å². The van der Waals surface area contributed by atoms with Crippen LogP contribution in [-0.2, 0) is 7.05 Å². The average molecular weight is 420 g/mol. The molecule has 1 aromatic carbocycles. The molecule has 2 heterocycles. The van der Waals surface area contributed by atoms with Gasteiger partial charge in [-0.2, -0.15) is 0 Å². The summed E-state index contributed by atoms with van der Waals surface area (Å²) in [6.07, 6.45) is 0. The highest BCUT2D eigenvalue weighted by molar-refractivity contribution is 6.31. The van der Waals surface area contributed by atoms with Crippen LogP contribution in [-0.4, -0.2) is 56.6 Å². The lowest BCUT2D eigenvalue weighted by molar-refractivity contribution is 0.0726. The van der Waals surface area contributed by atoms with Crippen molar-refractivity contribution in [2.45, 2.75) is 52.2 Å². The highest BCUT2D eigenvalue weighted by Crippen LogP contribution is 2.24. The van der Waals surface area contributed by atoms with Crippen LogP contribution in [0.1, 0.15) is 46.5 Å². The normalized spacial score (nSPS) is 19.4. The molecule has 0 bridgehead atoms. The molecule has 8 heteroatoms. The molecule has 2 atom stereocenters. The van der Waals surface area contributed by atoms with E-state index in [1.54, 1.807) is 29.8 Å². The number of aromatic nitrogens is 2. The first-order valence-corrected chi connectivity index (χ1v) is 10.3. The van der Waals surface area contributed by atoms with Gasteiger partial charge in [0.2, 0.25) is 0 Å². The first-order valence-electron chi connectivity index (χ1n) is 9.97. The van der Waals surface area contributed by atoms with Gasteiger partial charge in [-0.05, 0) is 52.8 Å². The van der Waals surface area contributed by atoms with E-state index >= 15 is 0 Å². The van der Waals surface area contributed by atoms with Crippen LogP contribution in [0, 0.1) is 0 Å².